The normalized spacial score (nSPS) is 25.1. The molecular weight excluding hydrogens is 402 g/mol. The molecule has 6 nitrogen and oxygen atoms in total. The quantitative estimate of drug-likeness (QED) is 0.664. The van der Waals surface area contributed by atoms with Gasteiger partial charge in [-0.2, -0.15) is 0 Å². The molecule has 3 heterocycles. The van der Waals surface area contributed by atoms with Crippen LogP contribution < -0.4 is 4.90 Å². The first-order valence-electron chi connectivity index (χ1n) is 12.7. The molecule has 1 aliphatic carbocycles. The van der Waals surface area contributed by atoms with Crippen molar-refractivity contribution in [1.82, 2.24) is 9.80 Å². The minimum Gasteiger partial charge on any atom is -0.370 e. The first-order valence-corrected chi connectivity index (χ1v) is 12.7. The molecule has 4 aliphatic rings. The van der Waals surface area contributed by atoms with E-state index in [1.165, 1.54) is 19.3 Å². The van der Waals surface area contributed by atoms with Crippen molar-refractivity contribution in [3.05, 3.63) is 29.3 Å². The van der Waals surface area contributed by atoms with Gasteiger partial charge < -0.3 is 9.80 Å². The number of benzene rings is 1. The molecule has 1 saturated carbocycles. The molecule has 6 heteroatoms. The van der Waals surface area contributed by atoms with Crippen molar-refractivity contribution < 1.29 is 14.4 Å². The largest absolute Gasteiger partial charge is 0.370 e. The zero-order valence-electron chi connectivity index (χ0n) is 19.1. The van der Waals surface area contributed by atoms with Crippen molar-refractivity contribution in [2.24, 2.45) is 5.92 Å². The number of hydrogen-bond donors (Lipinski definition) is 0. The number of hydrogen-bond acceptors (Lipinski definition) is 4. The average molecular weight is 438 g/mol. The second-order valence-electron chi connectivity index (χ2n) is 10.00. The van der Waals surface area contributed by atoms with Crippen LogP contribution in [-0.4, -0.2) is 59.7 Å². The molecule has 1 aromatic carbocycles. The lowest BCUT2D eigenvalue weighted by Gasteiger charge is -2.36. The number of likely N-dealkylation sites (tertiary alicyclic amines) is 1. The number of carbonyl (C=O) groups is 3. The molecule has 2 saturated heterocycles. The summed E-state index contributed by atoms with van der Waals surface area (Å²) in [6.07, 6.45) is 11.7. The van der Waals surface area contributed by atoms with E-state index < -0.39 is 0 Å². The third-order valence-corrected chi connectivity index (χ3v) is 7.89. The lowest BCUT2D eigenvalue weighted by molar-refractivity contribution is -0.134. The highest BCUT2D eigenvalue weighted by Crippen LogP contribution is 2.37. The first kappa shape index (κ1) is 21.5. The van der Waals surface area contributed by atoms with Gasteiger partial charge in [0, 0.05) is 32.2 Å². The molecule has 0 unspecified atom stereocenters. The van der Waals surface area contributed by atoms with Crippen molar-refractivity contribution >= 4 is 23.4 Å². The third kappa shape index (κ3) is 3.93. The van der Waals surface area contributed by atoms with Crippen molar-refractivity contribution in [3.63, 3.8) is 0 Å². The maximum Gasteiger partial charge on any atom is 0.263 e. The van der Waals surface area contributed by atoms with E-state index >= 15 is 0 Å². The average Bonchev–Trinajstić information content (AvgIpc) is 3.42. The molecule has 3 fully saturated rings. The van der Waals surface area contributed by atoms with Crippen LogP contribution in [0.15, 0.2) is 18.2 Å². The molecule has 0 spiro atoms. The van der Waals surface area contributed by atoms with Crippen LogP contribution >= 0.6 is 0 Å². The summed E-state index contributed by atoms with van der Waals surface area (Å²) in [5, 5.41) is 0. The zero-order chi connectivity index (χ0) is 22.1. The minimum absolute atomic E-state index is 0.0152. The van der Waals surface area contributed by atoms with Gasteiger partial charge in [0.15, 0.2) is 0 Å². The Balaban J connectivity index is 1.38. The van der Waals surface area contributed by atoms with Gasteiger partial charge in [-0.1, -0.05) is 38.2 Å². The Morgan fingerprint density at radius 3 is 2.25 bits per heavy atom. The summed E-state index contributed by atoms with van der Waals surface area (Å²) in [6, 6.07) is 5.68. The lowest BCUT2D eigenvalue weighted by atomic mass is 9.95. The SMILES string of the molecule is O=C([C@H]1CCCN(c2cccc3c2C(=O)N(C2CCCCCCC2)C3=O)C1)N1CCCC1. The smallest absolute Gasteiger partial charge is 0.263 e. The van der Waals surface area contributed by atoms with E-state index in [0.29, 0.717) is 17.7 Å². The fourth-order valence-electron chi connectivity index (χ4n) is 6.17. The summed E-state index contributed by atoms with van der Waals surface area (Å²) in [7, 11) is 0. The molecule has 0 radical (unpaired) electrons. The number of imide groups is 1. The topological polar surface area (TPSA) is 60.9 Å². The van der Waals surface area contributed by atoms with Gasteiger partial charge >= 0.3 is 0 Å². The second kappa shape index (κ2) is 9.24. The van der Waals surface area contributed by atoms with E-state index in [1.54, 1.807) is 11.0 Å². The van der Waals surface area contributed by atoms with Crippen LogP contribution in [0.3, 0.4) is 0 Å². The Morgan fingerprint density at radius 1 is 0.781 bits per heavy atom. The van der Waals surface area contributed by atoms with Crippen molar-refractivity contribution in [3.8, 4) is 0 Å². The molecule has 0 N–H and O–H groups in total. The highest BCUT2D eigenvalue weighted by Gasteiger charge is 2.42. The van der Waals surface area contributed by atoms with Gasteiger partial charge in [0.2, 0.25) is 5.91 Å². The van der Waals surface area contributed by atoms with E-state index in [0.717, 1.165) is 76.7 Å². The molecule has 0 aromatic heterocycles. The van der Waals surface area contributed by atoms with Crippen molar-refractivity contribution in [1.29, 1.82) is 0 Å². The van der Waals surface area contributed by atoms with Crippen LogP contribution in [0.2, 0.25) is 0 Å². The van der Waals surface area contributed by atoms with Gasteiger partial charge in [-0.25, -0.2) is 0 Å². The third-order valence-electron chi connectivity index (χ3n) is 7.89. The standard InChI is InChI=1S/C26H35N3O3/c30-24(27-15-6-7-16-27)19-10-9-17-28(18-19)22-14-8-13-21-23(22)26(32)29(25(21)31)20-11-4-2-1-3-5-12-20/h8,13-14,19-20H,1-7,9-12,15-18H2/t19-/m0/s1. The second-order valence-corrected chi connectivity index (χ2v) is 10.00. The summed E-state index contributed by atoms with van der Waals surface area (Å²) in [5.41, 5.74) is 1.95. The summed E-state index contributed by atoms with van der Waals surface area (Å²) in [5.74, 6) is -0.0109. The zero-order valence-corrected chi connectivity index (χ0v) is 19.1. The van der Waals surface area contributed by atoms with Gasteiger partial charge in [0.05, 0.1) is 22.7 Å². The summed E-state index contributed by atoms with van der Waals surface area (Å²) >= 11 is 0. The molecule has 5 rings (SSSR count). The van der Waals surface area contributed by atoms with Gasteiger partial charge in [0.1, 0.15) is 0 Å². The number of carbonyl (C=O) groups excluding carboxylic acids is 3. The summed E-state index contributed by atoms with van der Waals surface area (Å²) in [4.78, 5) is 45.7. The Bertz CT molecular complexity index is 884. The molecule has 3 amide bonds. The first-order chi connectivity index (χ1) is 15.6. The van der Waals surface area contributed by atoms with Crippen LogP contribution in [-0.2, 0) is 4.79 Å². The maximum atomic E-state index is 13.6. The number of anilines is 1. The highest BCUT2D eigenvalue weighted by molar-refractivity contribution is 6.24. The van der Waals surface area contributed by atoms with Gasteiger partial charge in [0.25, 0.3) is 11.8 Å². The monoisotopic (exact) mass is 437 g/mol. The van der Waals surface area contributed by atoms with Gasteiger partial charge in [-0.15, -0.1) is 0 Å². The van der Waals surface area contributed by atoms with E-state index in [2.05, 4.69) is 4.90 Å². The minimum atomic E-state index is -0.126. The molecule has 1 aromatic rings. The maximum absolute atomic E-state index is 13.6. The summed E-state index contributed by atoms with van der Waals surface area (Å²) in [6.45, 7) is 3.21. The van der Waals surface area contributed by atoms with Crippen LogP contribution in [0.25, 0.3) is 0 Å². The molecular formula is C26H35N3O3. The Hall–Kier alpha value is -2.37. The number of fused-ring (bicyclic) bond motifs is 1. The molecule has 32 heavy (non-hydrogen) atoms. The number of piperidine rings is 1. The number of rotatable bonds is 3. The molecule has 172 valence electrons. The Labute approximate surface area is 190 Å². The molecule has 0 bridgehead atoms. The lowest BCUT2D eigenvalue weighted by Crippen LogP contribution is -2.44. The Kier molecular flexibility index (Phi) is 6.20. The molecule has 3 aliphatic heterocycles. The van der Waals surface area contributed by atoms with E-state index in [1.807, 2.05) is 17.0 Å². The fraction of sp³-hybridized carbons (Fsp3) is 0.654. The van der Waals surface area contributed by atoms with Crippen molar-refractivity contribution in [2.45, 2.75) is 76.7 Å². The van der Waals surface area contributed by atoms with E-state index in [9.17, 15) is 14.4 Å². The highest BCUT2D eigenvalue weighted by atomic mass is 16.2. The number of nitrogens with zero attached hydrogens (tertiary/aromatic N) is 3. The van der Waals surface area contributed by atoms with E-state index in [-0.39, 0.29) is 29.7 Å². The summed E-state index contributed by atoms with van der Waals surface area (Å²) < 4.78 is 0. The fourth-order valence-corrected chi connectivity index (χ4v) is 6.17. The van der Waals surface area contributed by atoms with Crippen LogP contribution in [0.5, 0.6) is 0 Å². The predicted octanol–water partition coefficient (Wildman–Crippen LogP) is 4.23. The van der Waals surface area contributed by atoms with E-state index in [4.69, 9.17) is 0 Å². The van der Waals surface area contributed by atoms with Crippen LogP contribution in [0.4, 0.5) is 5.69 Å². The molecule has 1 atom stereocenters. The van der Waals surface area contributed by atoms with Crippen LogP contribution in [0, 0.1) is 5.92 Å². The number of amides is 3. The van der Waals surface area contributed by atoms with Gasteiger partial charge in [-0.05, 0) is 50.7 Å². The van der Waals surface area contributed by atoms with Gasteiger partial charge in [-0.3, -0.25) is 19.3 Å². The van der Waals surface area contributed by atoms with Crippen molar-refractivity contribution in [2.75, 3.05) is 31.1 Å². The Morgan fingerprint density at radius 2 is 1.50 bits per heavy atom. The predicted molar refractivity (Wildman–Crippen MR) is 124 cm³/mol. The van der Waals surface area contributed by atoms with Crippen LogP contribution in [0.1, 0.15) is 91.3 Å².